The van der Waals surface area contributed by atoms with E-state index in [0.29, 0.717) is 55.0 Å². The summed E-state index contributed by atoms with van der Waals surface area (Å²) in [5.41, 5.74) is 1.84. The first-order valence-electron chi connectivity index (χ1n) is 16.7. The number of hydrogen-bond donors (Lipinski definition) is 5. The highest BCUT2D eigenvalue weighted by atomic mass is 16.2. The summed E-state index contributed by atoms with van der Waals surface area (Å²) in [5, 5.41) is 13.6. The van der Waals surface area contributed by atoms with E-state index >= 15 is 0 Å². The Morgan fingerprint density at radius 1 is 0.735 bits per heavy atom. The van der Waals surface area contributed by atoms with Gasteiger partial charge in [0.05, 0.1) is 12.2 Å². The first-order valence-corrected chi connectivity index (χ1v) is 16.7. The van der Waals surface area contributed by atoms with Crippen LogP contribution in [0.3, 0.4) is 0 Å². The Labute approximate surface area is 286 Å². The van der Waals surface area contributed by atoms with Crippen LogP contribution in [0.2, 0.25) is 0 Å². The maximum absolute atomic E-state index is 12.9. The van der Waals surface area contributed by atoms with Gasteiger partial charge in [-0.2, -0.15) is 0 Å². The highest BCUT2D eigenvalue weighted by Gasteiger charge is 2.25. The number of hydrogen-bond acceptors (Lipinski definition) is 7. The van der Waals surface area contributed by atoms with E-state index in [4.69, 9.17) is 0 Å². The molecule has 0 radical (unpaired) electrons. The van der Waals surface area contributed by atoms with Gasteiger partial charge in [-0.25, -0.2) is 0 Å². The average Bonchev–Trinajstić information content (AvgIpc) is 3.58. The fourth-order valence-electron chi connectivity index (χ4n) is 5.10. The minimum atomic E-state index is -0.837. The van der Waals surface area contributed by atoms with Gasteiger partial charge in [-0.05, 0) is 55.5 Å². The van der Waals surface area contributed by atoms with Crippen LogP contribution < -0.4 is 26.6 Å². The summed E-state index contributed by atoms with van der Waals surface area (Å²) in [6.45, 7) is 5.62. The molecule has 2 heterocycles. The summed E-state index contributed by atoms with van der Waals surface area (Å²) in [6, 6.07) is 7.23. The number of imide groups is 1. The second-order valence-corrected chi connectivity index (χ2v) is 12.3. The molecule has 49 heavy (non-hydrogen) atoms. The Kier molecular flexibility index (Phi) is 14.7. The number of nitrogens with one attached hydrogen (secondary N) is 5. The normalized spacial score (nSPS) is 13.0. The standard InChI is InChI=1S/C35H47N7O7/c1-5-6-8-11-28(43)38-26-20-27(41(4)22-26)34(48)39-25-15-13-24(14-16-25)37-30(45)21-36-35(49)33(23(2)3)40-29(44)12-9-7-10-19-42-31(46)17-18-32(42)47/h13-18,20,22-23,33H,5-12,19,21H2,1-4H3,(H,36,49)(H,37,45)(H,38,43)(H,39,48)(H,40,44). The van der Waals surface area contributed by atoms with Gasteiger partial charge in [0, 0.05) is 56.2 Å². The van der Waals surface area contributed by atoms with E-state index in [1.54, 1.807) is 62.0 Å². The summed E-state index contributed by atoms with van der Waals surface area (Å²) in [4.78, 5) is 87.2. The summed E-state index contributed by atoms with van der Waals surface area (Å²) in [5.74, 6) is -2.63. The molecule has 2 aromatic rings. The number of unbranched alkanes of at least 4 members (excludes halogenated alkanes) is 4. The van der Waals surface area contributed by atoms with Gasteiger partial charge in [0.15, 0.2) is 0 Å². The zero-order chi connectivity index (χ0) is 35.9. The average molecular weight is 678 g/mol. The van der Waals surface area contributed by atoms with Crippen LogP contribution >= 0.6 is 0 Å². The Bertz CT molecular complexity index is 1530. The quantitative estimate of drug-likeness (QED) is 0.111. The van der Waals surface area contributed by atoms with Crippen molar-refractivity contribution in [3.05, 3.63) is 54.4 Å². The molecule has 14 heteroatoms. The van der Waals surface area contributed by atoms with Crippen LogP contribution in [-0.4, -0.2) is 69.9 Å². The predicted octanol–water partition coefficient (Wildman–Crippen LogP) is 3.48. The molecule has 3 rings (SSSR count). The SMILES string of the molecule is CCCCCC(=O)Nc1cc(C(=O)Nc2ccc(NC(=O)CNC(=O)C(NC(=O)CCCCCN3C(=O)C=CC3=O)C(C)C)cc2)n(C)c1. The van der Waals surface area contributed by atoms with Crippen molar-refractivity contribution in [2.75, 3.05) is 29.0 Å². The van der Waals surface area contributed by atoms with Crippen molar-refractivity contribution >= 4 is 58.4 Å². The molecule has 7 amide bonds. The third-order valence-electron chi connectivity index (χ3n) is 7.83. The number of aryl methyl sites for hydroxylation is 1. The predicted molar refractivity (Wildman–Crippen MR) is 185 cm³/mol. The maximum Gasteiger partial charge on any atom is 0.272 e. The van der Waals surface area contributed by atoms with Gasteiger partial charge in [-0.1, -0.05) is 40.0 Å². The van der Waals surface area contributed by atoms with Crippen LogP contribution in [-0.2, 0) is 35.8 Å². The Morgan fingerprint density at radius 3 is 1.96 bits per heavy atom. The molecule has 1 unspecified atom stereocenters. The van der Waals surface area contributed by atoms with E-state index in [-0.39, 0.29) is 48.4 Å². The molecule has 1 atom stereocenters. The summed E-state index contributed by atoms with van der Waals surface area (Å²) >= 11 is 0. The van der Waals surface area contributed by atoms with Crippen LogP contribution in [0.5, 0.6) is 0 Å². The van der Waals surface area contributed by atoms with Crippen LogP contribution in [0, 0.1) is 5.92 Å². The van der Waals surface area contributed by atoms with Gasteiger partial charge < -0.3 is 31.2 Å². The van der Waals surface area contributed by atoms with Crippen LogP contribution in [0.1, 0.15) is 82.6 Å². The van der Waals surface area contributed by atoms with Gasteiger partial charge in [0.2, 0.25) is 23.6 Å². The number of carbonyl (C=O) groups excluding carboxylic acids is 7. The smallest absolute Gasteiger partial charge is 0.272 e. The molecule has 0 aliphatic carbocycles. The lowest BCUT2D eigenvalue weighted by Crippen LogP contribution is -2.51. The second kappa shape index (κ2) is 18.9. The van der Waals surface area contributed by atoms with Crippen LogP contribution in [0.15, 0.2) is 48.7 Å². The van der Waals surface area contributed by atoms with Crippen molar-refractivity contribution in [2.24, 2.45) is 13.0 Å². The van der Waals surface area contributed by atoms with Gasteiger partial charge >= 0.3 is 0 Å². The molecule has 0 fully saturated rings. The lowest BCUT2D eigenvalue weighted by molar-refractivity contribution is -0.137. The van der Waals surface area contributed by atoms with Crippen molar-refractivity contribution < 1.29 is 33.6 Å². The van der Waals surface area contributed by atoms with Crippen LogP contribution in [0.4, 0.5) is 17.1 Å². The largest absolute Gasteiger partial charge is 0.345 e. The lowest BCUT2D eigenvalue weighted by Gasteiger charge is -2.21. The number of aromatic nitrogens is 1. The van der Waals surface area contributed by atoms with E-state index in [1.807, 2.05) is 0 Å². The summed E-state index contributed by atoms with van der Waals surface area (Å²) < 4.78 is 1.63. The lowest BCUT2D eigenvalue weighted by atomic mass is 10.0. The molecule has 0 spiro atoms. The number of anilines is 3. The second-order valence-electron chi connectivity index (χ2n) is 12.3. The fraction of sp³-hybridized carbons (Fsp3) is 0.457. The van der Waals surface area contributed by atoms with E-state index in [1.165, 1.54) is 12.2 Å². The molecule has 1 aliphatic heterocycles. The van der Waals surface area contributed by atoms with Crippen molar-refractivity contribution in [3.63, 3.8) is 0 Å². The molecule has 0 saturated carbocycles. The first kappa shape index (κ1) is 38.2. The highest BCUT2D eigenvalue weighted by Crippen LogP contribution is 2.18. The minimum Gasteiger partial charge on any atom is -0.345 e. The summed E-state index contributed by atoms with van der Waals surface area (Å²) in [6.07, 6.45) is 9.29. The molecule has 264 valence electrons. The molecular formula is C35H47N7O7. The Balaban J connectivity index is 1.39. The van der Waals surface area contributed by atoms with E-state index in [2.05, 4.69) is 33.5 Å². The fourth-order valence-corrected chi connectivity index (χ4v) is 5.10. The Morgan fingerprint density at radius 2 is 1.33 bits per heavy atom. The van der Waals surface area contributed by atoms with Crippen molar-refractivity contribution in [2.45, 2.75) is 78.2 Å². The van der Waals surface area contributed by atoms with Gasteiger partial charge in [-0.3, -0.25) is 38.5 Å². The molecule has 0 saturated heterocycles. The van der Waals surface area contributed by atoms with Crippen molar-refractivity contribution in [3.8, 4) is 0 Å². The summed E-state index contributed by atoms with van der Waals surface area (Å²) in [7, 11) is 1.71. The topological polar surface area (TPSA) is 188 Å². The molecule has 14 nitrogen and oxygen atoms in total. The maximum atomic E-state index is 12.9. The van der Waals surface area contributed by atoms with Gasteiger partial charge in [0.1, 0.15) is 11.7 Å². The number of benzene rings is 1. The van der Waals surface area contributed by atoms with E-state index in [9.17, 15) is 33.6 Å². The van der Waals surface area contributed by atoms with Gasteiger partial charge in [0.25, 0.3) is 17.7 Å². The highest BCUT2D eigenvalue weighted by molar-refractivity contribution is 6.12. The molecule has 5 N–H and O–H groups in total. The molecule has 1 aliphatic rings. The van der Waals surface area contributed by atoms with Crippen molar-refractivity contribution in [1.29, 1.82) is 0 Å². The zero-order valence-electron chi connectivity index (χ0n) is 28.6. The monoisotopic (exact) mass is 677 g/mol. The third kappa shape index (κ3) is 12.4. The zero-order valence-corrected chi connectivity index (χ0v) is 28.6. The first-order chi connectivity index (χ1) is 23.4. The minimum absolute atomic E-state index is 0.0962. The molecular weight excluding hydrogens is 630 g/mol. The molecule has 1 aromatic heterocycles. The number of nitrogens with zero attached hydrogens (tertiary/aromatic N) is 2. The van der Waals surface area contributed by atoms with Crippen LogP contribution in [0.25, 0.3) is 0 Å². The van der Waals surface area contributed by atoms with E-state index < -0.39 is 17.9 Å². The van der Waals surface area contributed by atoms with E-state index in [0.717, 1.165) is 24.2 Å². The van der Waals surface area contributed by atoms with Crippen molar-refractivity contribution in [1.82, 2.24) is 20.1 Å². The number of amides is 7. The molecule has 0 bridgehead atoms. The molecule has 1 aromatic carbocycles. The number of rotatable bonds is 19. The Hall–Kier alpha value is -5.27. The van der Waals surface area contributed by atoms with Gasteiger partial charge in [-0.15, -0.1) is 0 Å². The number of carbonyl (C=O) groups is 7. The third-order valence-corrected chi connectivity index (χ3v) is 7.83.